The van der Waals surface area contributed by atoms with E-state index in [0.29, 0.717) is 12.6 Å². The maximum atomic E-state index is 11.0. The van der Waals surface area contributed by atoms with E-state index in [2.05, 4.69) is 22.4 Å². The van der Waals surface area contributed by atoms with Gasteiger partial charge in [0.05, 0.1) is 24.9 Å². The number of rotatable bonds is 3. The van der Waals surface area contributed by atoms with Gasteiger partial charge in [-0.15, -0.1) is 0 Å². The van der Waals surface area contributed by atoms with Gasteiger partial charge < -0.3 is 24.8 Å². The molecule has 2 N–H and O–H groups in total. The summed E-state index contributed by atoms with van der Waals surface area (Å²) in [6.45, 7) is 4.70. The first-order chi connectivity index (χ1) is 11.1. The van der Waals surface area contributed by atoms with Crippen molar-refractivity contribution in [2.45, 2.75) is 56.4 Å². The molecule has 128 valence electrons. The van der Waals surface area contributed by atoms with E-state index in [0.717, 1.165) is 31.5 Å². The molecule has 3 saturated heterocycles. The highest BCUT2D eigenvalue weighted by atomic mass is 16.7. The van der Waals surface area contributed by atoms with Crippen molar-refractivity contribution in [3.05, 3.63) is 18.0 Å². The van der Waals surface area contributed by atoms with E-state index in [9.17, 15) is 5.11 Å². The van der Waals surface area contributed by atoms with Crippen LogP contribution in [0.15, 0.2) is 12.4 Å². The first-order valence-electron chi connectivity index (χ1n) is 8.52. The van der Waals surface area contributed by atoms with Crippen LogP contribution in [0, 0.1) is 6.92 Å². The zero-order valence-electron chi connectivity index (χ0n) is 13.8. The molecule has 3 aliphatic heterocycles. The quantitative estimate of drug-likeness (QED) is 0.810. The number of ether oxygens (including phenoxy) is 2. The molecular formula is C16H26N4O3. The summed E-state index contributed by atoms with van der Waals surface area (Å²) in [7, 11) is 2.15. The molecule has 5 unspecified atom stereocenters. The highest BCUT2D eigenvalue weighted by Crippen LogP contribution is 2.36. The highest BCUT2D eigenvalue weighted by Gasteiger charge is 2.51. The number of fused-ring (bicyclic) bond motifs is 2. The summed E-state index contributed by atoms with van der Waals surface area (Å²) >= 11 is 0. The predicted octanol–water partition coefficient (Wildman–Crippen LogP) is -0.0990. The van der Waals surface area contributed by atoms with Gasteiger partial charge in [-0.05, 0) is 45.5 Å². The minimum Gasteiger partial charge on any atom is -0.389 e. The van der Waals surface area contributed by atoms with E-state index in [1.165, 1.54) is 0 Å². The summed E-state index contributed by atoms with van der Waals surface area (Å²) in [6, 6.07) is 0.00878. The molecule has 3 aliphatic rings. The van der Waals surface area contributed by atoms with Gasteiger partial charge in [0.2, 0.25) is 0 Å². The molecule has 7 nitrogen and oxygen atoms in total. The standard InChI is InChI=1S/C16H26N4O3/c1-10-7-17-20(8-10)14-15(21)13(12-9-22-16(14)23-12)18-11-3-5-19(2)6-4-11/h7-8,11-16,18,21H,3-6,9H2,1-2H3. The maximum Gasteiger partial charge on any atom is 0.183 e. The van der Waals surface area contributed by atoms with Crippen LogP contribution in [0.25, 0.3) is 0 Å². The van der Waals surface area contributed by atoms with Crippen molar-refractivity contribution in [1.82, 2.24) is 20.0 Å². The summed E-state index contributed by atoms with van der Waals surface area (Å²) in [5.74, 6) is 0. The summed E-state index contributed by atoms with van der Waals surface area (Å²) in [5.41, 5.74) is 1.07. The highest BCUT2D eigenvalue weighted by molar-refractivity contribution is 5.06. The normalized spacial score (nSPS) is 39.0. The molecule has 0 spiro atoms. The number of nitrogens with one attached hydrogen (secondary N) is 1. The number of likely N-dealkylation sites (tertiary alicyclic amines) is 1. The zero-order chi connectivity index (χ0) is 16.0. The Morgan fingerprint density at radius 1 is 1.35 bits per heavy atom. The number of aryl methyl sites for hydroxylation is 1. The number of nitrogens with zero attached hydrogens (tertiary/aromatic N) is 3. The van der Waals surface area contributed by atoms with Crippen molar-refractivity contribution in [3.63, 3.8) is 0 Å². The van der Waals surface area contributed by atoms with E-state index in [-0.39, 0.29) is 18.2 Å². The van der Waals surface area contributed by atoms with Crippen LogP contribution in [0.1, 0.15) is 24.4 Å². The molecule has 1 aromatic rings. The minimum absolute atomic E-state index is 0.0810. The SMILES string of the molecule is Cc1cnn(C2C3OCC(O3)C(NC3CCN(C)CC3)C2O)c1. The van der Waals surface area contributed by atoms with Gasteiger partial charge >= 0.3 is 0 Å². The zero-order valence-corrected chi connectivity index (χ0v) is 13.8. The molecule has 0 aliphatic carbocycles. The van der Waals surface area contributed by atoms with Crippen LogP contribution >= 0.6 is 0 Å². The minimum atomic E-state index is -0.569. The Hall–Kier alpha value is -0.990. The third-order valence-corrected chi connectivity index (χ3v) is 5.31. The number of aliphatic hydroxyl groups is 1. The van der Waals surface area contributed by atoms with E-state index in [1.54, 1.807) is 10.9 Å². The van der Waals surface area contributed by atoms with Crippen molar-refractivity contribution in [3.8, 4) is 0 Å². The Kier molecular flexibility index (Phi) is 4.15. The second-order valence-electron chi connectivity index (χ2n) is 7.13. The first kappa shape index (κ1) is 15.5. The molecule has 3 fully saturated rings. The number of aliphatic hydroxyl groups excluding tert-OH is 1. The topological polar surface area (TPSA) is 71.8 Å². The first-order valence-corrected chi connectivity index (χ1v) is 8.52. The third-order valence-electron chi connectivity index (χ3n) is 5.31. The largest absolute Gasteiger partial charge is 0.389 e. The number of hydrogen-bond acceptors (Lipinski definition) is 6. The second kappa shape index (κ2) is 6.14. The molecule has 23 heavy (non-hydrogen) atoms. The molecule has 0 radical (unpaired) electrons. The number of aromatic nitrogens is 2. The maximum absolute atomic E-state index is 11.0. The molecule has 5 atom stereocenters. The Balaban J connectivity index is 1.50. The third kappa shape index (κ3) is 2.92. The van der Waals surface area contributed by atoms with Gasteiger partial charge in [0.25, 0.3) is 0 Å². The molecule has 0 amide bonds. The Morgan fingerprint density at radius 3 is 2.83 bits per heavy atom. The summed E-state index contributed by atoms with van der Waals surface area (Å²) in [4.78, 5) is 2.34. The van der Waals surface area contributed by atoms with Crippen LogP contribution in [0.3, 0.4) is 0 Å². The van der Waals surface area contributed by atoms with Gasteiger partial charge in [-0.3, -0.25) is 4.68 Å². The lowest BCUT2D eigenvalue weighted by Crippen LogP contribution is -2.60. The molecule has 7 heteroatoms. The van der Waals surface area contributed by atoms with Crippen LogP contribution in [-0.4, -0.2) is 77.1 Å². The Bertz CT molecular complexity index is 543. The Labute approximate surface area is 136 Å². The summed E-state index contributed by atoms with van der Waals surface area (Å²) in [5, 5.41) is 19.0. The monoisotopic (exact) mass is 322 g/mol. The molecule has 2 bridgehead atoms. The van der Waals surface area contributed by atoms with Gasteiger partial charge in [-0.1, -0.05) is 0 Å². The lowest BCUT2D eigenvalue weighted by Gasteiger charge is -2.41. The fourth-order valence-corrected chi connectivity index (χ4v) is 3.93. The molecule has 0 aromatic carbocycles. The van der Waals surface area contributed by atoms with Crippen LogP contribution < -0.4 is 5.32 Å². The van der Waals surface area contributed by atoms with Gasteiger partial charge in [-0.25, -0.2) is 0 Å². The predicted molar refractivity (Wildman–Crippen MR) is 84.1 cm³/mol. The number of piperidine rings is 1. The van der Waals surface area contributed by atoms with E-state index < -0.39 is 12.4 Å². The van der Waals surface area contributed by atoms with E-state index >= 15 is 0 Å². The number of hydrogen-bond donors (Lipinski definition) is 2. The van der Waals surface area contributed by atoms with E-state index in [4.69, 9.17) is 9.47 Å². The fraction of sp³-hybridized carbons (Fsp3) is 0.812. The molecule has 4 rings (SSSR count). The average Bonchev–Trinajstić information content (AvgIpc) is 3.14. The molecular weight excluding hydrogens is 296 g/mol. The molecule has 1 aromatic heterocycles. The van der Waals surface area contributed by atoms with Gasteiger partial charge in [0.1, 0.15) is 12.1 Å². The van der Waals surface area contributed by atoms with Gasteiger partial charge in [-0.2, -0.15) is 5.10 Å². The smallest absolute Gasteiger partial charge is 0.183 e. The lowest BCUT2D eigenvalue weighted by molar-refractivity contribution is -0.169. The summed E-state index contributed by atoms with van der Waals surface area (Å²) in [6.07, 6.45) is 4.87. The summed E-state index contributed by atoms with van der Waals surface area (Å²) < 4.78 is 13.6. The van der Waals surface area contributed by atoms with Gasteiger partial charge in [0.15, 0.2) is 6.29 Å². The van der Waals surface area contributed by atoms with Gasteiger partial charge in [0, 0.05) is 12.2 Å². The van der Waals surface area contributed by atoms with Crippen molar-refractivity contribution in [2.75, 3.05) is 26.7 Å². The van der Waals surface area contributed by atoms with Crippen LogP contribution in [0.4, 0.5) is 0 Å². The van der Waals surface area contributed by atoms with Crippen molar-refractivity contribution < 1.29 is 14.6 Å². The van der Waals surface area contributed by atoms with Crippen molar-refractivity contribution in [2.24, 2.45) is 0 Å². The van der Waals surface area contributed by atoms with Crippen LogP contribution in [0.5, 0.6) is 0 Å². The lowest BCUT2D eigenvalue weighted by atomic mass is 9.93. The van der Waals surface area contributed by atoms with Crippen molar-refractivity contribution in [1.29, 1.82) is 0 Å². The second-order valence-corrected chi connectivity index (χ2v) is 7.13. The van der Waals surface area contributed by atoms with Crippen molar-refractivity contribution >= 4 is 0 Å². The van der Waals surface area contributed by atoms with E-state index in [1.807, 2.05) is 13.1 Å². The average molecular weight is 322 g/mol. The fourth-order valence-electron chi connectivity index (χ4n) is 3.93. The van der Waals surface area contributed by atoms with Crippen LogP contribution in [0.2, 0.25) is 0 Å². The molecule has 4 heterocycles. The van der Waals surface area contributed by atoms with Crippen LogP contribution in [-0.2, 0) is 9.47 Å². The Morgan fingerprint density at radius 2 is 2.13 bits per heavy atom. The molecule has 0 saturated carbocycles.